The van der Waals surface area contributed by atoms with E-state index in [0.717, 1.165) is 0 Å². The quantitative estimate of drug-likeness (QED) is 0.885. The van der Waals surface area contributed by atoms with Gasteiger partial charge in [-0.2, -0.15) is 0 Å². The number of anilines is 2. The molecule has 0 bridgehead atoms. The fraction of sp³-hybridized carbons (Fsp3) is 0.176. The number of carbonyl (C=O) groups excluding carboxylic acids is 2. The van der Waals surface area contributed by atoms with Crippen LogP contribution in [0.3, 0.4) is 0 Å². The Balaban J connectivity index is 1.94. The second-order valence-corrected chi connectivity index (χ2v) is 5.63. The minimum Gasteiger partial charge on any atom is -0.376 e. The molecule has 2 N–H and O–H groups in total. The van der Waals surface area contributed by atoms with Gasteiger partial charge in [-0.25, -0.2) is 0 Å². The molecule has 5 nitrogen and oxygen atoms in total. The van der Waals surface area contributed by atoms with E-state index in [0.29, 0.717) is 22.0 Å². The predicted octanol–water partition coefficient (Wildman–Crippen LogP) is 3.09. The van der Waals surface area contributed by atoms with Crippen molar-refractivity contribution in [2.75, 3.05) is 31.3 Å². The van der Waals surface area contributed by atoms with Gasteiger partial charge in [0.1, 0.15) is 0 Å². The van der Waals surface area contributed by atoms with Crippen LogP contribution in [-0.4, -0.2) is 37.4 Å². The standard InChI is InChI=1S/C17H18ClN3O2/c1-21(2)17(23)12-5-3-7-14(9-12)19-11-16(22)20-15-8-4-6-13(18)10-15/h3-10,19H,11H2,1-2H3,(H,20,22). The summed E-state index contributed by atoms with van der Waals surface area (Å²) in [5.74, 6) is -0.284. The van der Waals surface area contributed by atoms with Gasteiger partial charge in [0.15, 0.2) is 0 Å². The van der Waals surface area contributed by atoms with E-state index in [-0.39, 0.29) is 18.4 Å². The van der Waals surface area contributed by atoms with E-state index in [2.05, 4.69) is 10.6 Å². The summed E-state index contributed by atoms with van der Waals surface area (Å²) in [6, 6.07) is 14.0. The van der Waals surface area contributed by atoms with Gasteiger partial charge in [0.25, 0.3) is 5.91 Å². The molecule has 0 unspecified atom stereocenters. The average molecular weight is 332 g/mol. The molecule has 0 atom stereocenters. The zero-order valence-electron chi connectivity index (χ0n) is 13.0. The molecule has 120 valence electrons. The zero-order chi connectivity index (χ0) is 16.8. The van der Waals surface area contributed by atoms with Crippen LogP contribution in [0.4, 0.5) is 11.4 Å². The molecule has 2 rings (SSSR count). The summed E-state index contributed by atoms with van der Waals surface area (Å²) in [6.45, 7) is 0.0894. The molecule has 0 radical (unpaired) electrons. The van der Waals surface area contributed by atoms with Gasteiger partial charge in [0.2, 0.25) is 5.91 Å². The summed E-state index contributed by atoms with van der Waals surface area (Å²) in [6.07, 6.45) is 0. The van der Waals surface area contributed by atoms with Crippen molar-refractivity contribution in [1.29, 1.82) is 0 Å². The highest BCUT2D eigenvalue weighted by atomic mass is 35.5. The van der Waals surface area contributed by atoms with Crippen LogP contribution in [0.1, 0.15) is 10.4 Å². The molecule has 0 heterocycles. The molecule has 0 saturated heterocycles. The van der Waals surface area contributed by atoms with Crippen LogP contribution in [0.2, 0.25) is 5.02 Å². The summed E-state index contributed by atoms with van der Waals surface area (Å²) >= 11 is 5.87. The van der Waals surface area contributed by atoms with Crippen LogP contribution in [0.5, 0.6) is 0 Å². The first-order chi connectivity index (χ1) is 11.0. The Morgan fingerprint density at radius 1 is 1.04 bits per heavy atom. The zero-order valence-corrected chi connectivity index (χ0v) is 13.7. The predicted molar refractivity (Wildman–Crippen MR) is 93.0 cm³/mol. The number of hydrogen-bond acceptors (Lipinski definition) is 3. The molecule has 2 aromatic carbocycles. The van der Waals surface area contributed by atoms with Crippen LogP contribution in [-0.2, 0) is 4.79 Å². The van der Waals surface area contributed by atoms with Gasteiger partial charge in [0.05, 0.1) is 6.54 Å². The van der Waals surface area contributed by atoms with Gasteiger partial charge in [-0.15, -0.1) is 0 Å². The number of halogens is 1. The highest BCUT2D eigenvalue weighted by Gasteiger charge is 2.09. The third kappa shape index (κ3) is 5.00. The molecule has 0 aliphatic heterocycles. The molecule has 2 amide bonds. The van der Waals surface area contributed by atoms with Crippen LogP contribution >= 0.6 is 11.6 Å². The molecular formula is C17H18ClN3O2. The number of nitrogens with one attached hydrogen (secondary N) is 2. The second kappa shape index (κ2) is 7.65. The average Bonchev–Trinajstić information content (AvgIpc) is 2.52. The number of benzene rings is 2. The SMILES string of the molecule is CN(C)C(=O)c1cccc(NCC(=O)Nc2cccc(Cl)c2)c1. The molecule has 0 aromatic heterocycles. The van der Waals surface area contributed by atoms with E-state index in [1.165, 1.54) is 4.90 Å². The Bertz CT molecular complexity index is 716. The van der Waals surface area contributed by atoms with E-state index in [4.69, 9.17) is 11.6 Å². The topological polar surface area (TPSA) is 61.4 Å². The smallest absolute Gasteiger partial charge is 0.253 e. The Kier molecular flexibility index (Phi) is 5.60. The highest BCUT2D eigenvalue weighted by Crippen LogP contribution is 2.15. The molecule has 0 fully saturated rings. The molecule has 0 aliphatic carbocycles. The lowest BCUT2D eigenvalue weighted by atomic mass is 10.2. The highest BCUT2D eigenvalue weighted by molar-refractivity contribution is 6.30. The molecule has 6 heteroatoms. The number of rotatable bonds is 5. The lowest BCUT2D eigenvalue weighted by Crippen LogP contribution is -2.23. The lowest BCUT2D eigenvalue weighted by molar-refractivity contribution is -0.114. The van der Waals surface area contributed by atoms with E-state index >= 15 is 0 Å². The number of nitrogens with zero attached hydrogens (tertiary/aromatic N) is 1. The van der Waals surface area contributed by atoms with Crippen molar-refractivity contribution >= 4 is 34.8 Å². The first-order valence-corrected chi connectivity index (χ1v) is 7.44. The van der Waals surface area contributed by atoms with Gasteiger partial charge < -0.3 is 15.5 Å². The molecular weight excluding hydrogens is 314 g/mol. The number of carbonyl (C=O) groups is 2. The van der Waals surface area contributed by atoms with Crippen LogP contribution in [0.25, 0.3) is 0 Å². The first kappa shape index (κ1) is 16.8. The Morgan fingerprint density at radius 3 is 2.43 bits per heavy atom. The third-order valence-electron chi connectivity index (χ3n) is 3.08. The van der Waals surface area contributed by atoms with Crippen LogP contribution in [0, 0.1) is 0 Å². The van der Waals surface area contributed by atoms with Gasteiger partial charge in [-0.1, -0.05) is 23.7 Å². The van der Waals surface area contributed by atoms with E-state index < -0.39 is 0 Å². The van der Waals surface area contributed by atoms with Gasteiger partial charge in [0, 0.05) is 36.1 Å². The normalized spacial score (nSPS) is 10.0. The van der Waals surface area contributed by atoms with Gasteiger partial charge in [-0.3, -0.25) is 9.59 Å². The maximum absolute atomic E-state index is 11.9. The maximum Gasteiger partial charge on any atom is 0.253 e. The monoisotopic (exact) mass is 331 g/mol. The van der Waals surface area contributed by atoms with Crippen LogP contribution < -0.4 is 10.6 Å². The maximum atomic E-state index is 11.9. The van der Waals surface area contributed by atoms with Crippen molar-refractivity contribution in [3.63, 3.8) is 0 Å². The van der Waals surface area contributed by atoms with Gasteiger partial charge >= 0.3 is 0 Å². The molecule has 23 heavy (non-hydrogen) atoms. The van der Waals surface area contributed by atoms with Crippen molar-refractivity contribution in [2.24, 2.45) is 0 Å². The summed E-state index contributed by atoms with van der Waals surface area (Å²) in [7, 11) is 3.39. The molecule has 2 aromatic rings. The first-order valence-electron chi connectivity index (χ1n) is 7.07. The van der Waals surface area contributed by atoms with Crippen molar-refractivity contribution < 1.29 is 9.59 Å². The molecule has 0 spiro atoms. The van der Waals surface area contributed by atoms with Crippen molar-refractivity contribution in [2.45, 2.75) is 0 Å². The molecule has 0 saturated carbocycles. The third-order valence-corrected chi connectivity index (χ3v) is 3.31. The van der Waals surface area contributed by atoms with Gasteiger partial charge in [-0.05, 0) is 36.4 Å². The largest absolute Gasteiger partial charge is 0.376 e. The van der Waals surface area contributed by atoms with E-state index in [9.17, 15) is 9.59 Å². The summed E-state index contributed by atoms with van der Waals surface area (Å²) < 4.78 is 0. The molecule has 0 aliphatic rings. The lowest BCUT2D eigenvalue weighted by Gasteiger charge is -2.12. The summed E-state index contributed by atoms with van der Waals surface area (Å²) in [5.41, 5.74) is 1.91. The minimum absolute atomic E-state index is 0.0861. The van der Waals surface area contributed by atoms with Crippen LogP contribution in [0.15, 0.2) is 48.5 Å². The fourth-order valence-corrected chi connectivity index (χ4v) is 2.16. The van der Waals surface area contributed by atoms with Crippen molar-refractivity contribution in [3.8, 4) is 0 Å². The van der Waals surface area contributed by atoms with E-state index in [1.807, 2.05) is 0 Å². The fourth-order valence-electron chi connectivity index (χ4n) is 1.97. The number of hydrogen-bond donors (Lipinski definition) is 2. The Hall–Kier alpha value is -2.53. The summed E-state index contributed by atoms with van der Waals surface area (Å²) in [4.78, 5) is 25.4. The summed E-state index contributed by atoms with van der Waals surface area (Å²) in [5, 5.41) is 6.31. The number of amides is 2. The second-order valence-electron chi connectivity index (χ2n) is 5.19. The minimum atomic E-state index is -0.198. The Morgan fingerprint density at radius 2 is 1.74 bits per heavy atom. The van der Waals surface area contributed by atoms with E-state index in [1.54, 1.807) is 62.6 Å². The van der Waals surface area contributed by atoms with Crippen molar-refractivity contribution in [1.82, 2.24) is 4.90 Å². The Labute approximate surface area is 140 Å². The van der Waals surface area contributed by atoms with Crippen molar-refractivity contribution in [3.05, 3.63) is 59.1 Å².